The van der Waals surface area contributed by atoms with Crippen LogP contribution in [-0.2, 0) is 0 Å². The molecular formula is C13H19N3O. The number of carbonyl (C=O) groups excluding carboxylic acids is 1. The highest BCUT2D eigenvalue weighted by Crippen LogP contribution is 2.36. The number of carbonyl (C=O) groups is 1. The summed E-state index contributed by atoms with van der Waals surface area (Å²) in [5.74, 6) is 1.34. The molecule has 0 spiro atoms. The minimum Gasteiger partial charge on any atom is -0.387 e. The van der Waals surface area contributed by atoms with Crippen molar-refractivity contribution in [2.24, 2.45) is 11.8 Å². The number of nitrogens with zero attached hydrogens (tertiary/aromatic N) is 1. The van der Waals surface area contributed by atoms with Gasteiger partial charge in [0, 0.05) is 31.7 Å². The molecule has 1 aromatic rings. The Morgan fingerprint density at radius 2 is 2.35 bits per heavy atom. The second-order valence-corrected chi connectivity index (χ2v) is 4.70. The van der Waals surface area contributed by atoms with Crippen molar-refractivity contribution in [1.29, 1.82) is 0 Å². The monoisotopic (exact) mass is 233 g/mol. The van der Waals surface area contributed by atoms with E-state index in [-0.39, 0.29) is 5.91 Å². The topological polar surface area (TPSA) is 54.0 Å². The first-order chi connectivity index (χ1) is 8.22. The van der Waals surface area contributed by atoms with Crippen LogP contribution in [0, 0.1) is 11.8 Å². The minimum atomic E-state index is -0.0463. The van der Waals surface area contributed by atoms with Crippen molar-refractivity contribution in [3.05, 3.63) is 24.0 Å². The van der Waals surface area contributed by atoms with E-state index in [0.29, 0.717) is 11.5 Å². The van der Waals surface area contributed by atoms with Crippen LogP contribution in [0.5, 0.6) is 0 Å². The molecule has 17 heavy (non-hydrogen) atoms. The van der Waals surface area contributed by atoms with Crippen molar-refractivity contribution in [3.63, 3.8) is 0 Å². The van der Waals surface area contributed by atoms with Crippen LogP contribution < -0.4 is 10.6 Å². The average molecular weight is 233 g/mol. The normalized spacial score (nSPS) is 16.4. The van der Waals surface area contributed by atoms with Gasteiger partial charge in [0.05, 0.1) is 5.56 Å². The Morgan fingerprint density at radius 1 is 1.59 bits per heavy atom. The van der Waals surface area contributed by atoms with Gasteiger partial charge < -0.3 is 10.6 Å². The molecule has 0 aliphatic heterocycles. The van der Waals surface area contributed by atoms with Gasteiger partial charge in [0.25, 0.3) is 5.91 Å². The lowest BCUT2D eigenvalue weighted by Crippen LogP contribution is -2.29. The summed E-state index contributed by atoms with van der Waals surface area (Å²) in [6.45, 7) is 2.95. The van der Waals surface area contributed by atoms with Crippen LogP contribution in [0.2, 0.25) is 0 Å². The van der Waals surface area contributed by atoms with E-state index in [1.807, 2.05) is 0 Å². The first-order valence-electron chi connectivity index (χ1n) is 6.12. The fourth-order valence-electron chi connectivity index (χ4n) is 1.97. The number of amides is 1. The molecule has 4 nitrogen and oxygen atoms in total. The van der Waals surface area contributed by atoms with E-state index in [0.717, 1.165) is 18.2 Å². The zero-order valence-electron chi connectivity index (χ0n) is 10.4. The zero-order chi connectivity index (χ0) is 12.3. The highest BCUT2D eigenvalue weighted by atomic mass is 16.1. The first kappa shape index (κ1) is 11.9. The largest absolute Gasteiger partial charge is 0.387 e. The molecule has 0 bridgehead atoms. The molecule has 0 aromatic carbocycles. The van der Waals surface area contributed by atoms with Crippen molar-refractivity contribution < 1.29 is 4.79 Å². The van der Waals surface area contributed by atoms with Gasteiger partial charge in [0.1, 0.15) is 0 Å². The molecule has 2 rings (SSSR count). The standard InChI is InChI=1S/C13H19N3O/c1-9(10-3-4-10)7-16-13(17)11-8-15-6-5-12(11)14-2/h5-6,8-10H,3-4,7H2,1-2H3,(H,14,15)(H,16,17). The fraction of sp³-hybridized carbons (Fsp3) is 0.538. The molecule has 92 valence electrons. The summed E-state index contributed by atoms with van der Waals surface area (Å²) < 4.78 is 0. The number of pyridine rings is 1. The van der Waals surface area contributed by atoms with Crippen LogP contribution in [0.1, 0.15) is 30.1 Å². The third kappa shape index (κ3) is 2.96. The number of rotatable bonds is 5. The van der Waals surface area contributed by atoms with Gasteiger partial charge in [0.15, 0.2) is 0 Å². The molecule has 4 heteroatoms. The summed E-state index contributed by atoms with van der Waals surface area (Å²) in [6.07, 6.45) is 5.90. The Balaban J connectivity index is 1.94. The molecular weight excluding hydrogens is 214 g/mol. The molecule has 1 amide bonds. The lowest BCUT2D eigenvalue weighted by molar-refractivity contribution is 0.0947. The van der Waals surface area contributed by atoms with E-state index in [4.69, 9.17) is 0 Å². The fourth-order valence-corrected chi connectivity index (χ4v) is 1.97. The summed E-state index contributed by atoms with van der Waals surface area (Å²) in [7, 11) is 1.80. The quantitative estimate of drug-likeness (QED) is 0.816. The summed E-state index contributed by atoms with van der Waals surface area (Å²) in [5.41, 5.74) is 1.43. The molecule has 1 aromatic heterocycles. The Labute approximate surface area is 102 Å². The predicted molar refractivity (Wildman–Crippen MR) is 68.0 cm³/mol. The van der Waals surface area contributed by atoms with Crippen molar-refractivity contribution in [3.8, 4) is 0 Å². The van der Waals surface area contributed by atoms with Crippen molar-refractivity contribution >= 4 is 11.6 Å². The molecule has 1 saturated carbocycles. The van der Waals surface area contributed by atoms with Crippen LogP contribution in [0.15, 0.2) is 18.5 Å². The number of hydrogen-bond acceptors (Lipinski definition) is 3. The number of nitrogens with one attached hydrogen (secondary N) is 2. The van der Waals surface area contributed by atoms with Crippen LogP contribution in [-0.4, -0.2) is 24.5 Å². The van der Waals surface area contributed by atoms with Gasteiger partial charge in [-0.15, -0.1) is 0 Å². The van der Waals surface area contributed by atoms with Crippen molar-refractivity contribution in [2.45, 2.75) is 19.8 Å². The van der Waals surface area contributed by atoms with Gasteiger partial charge in [-0.1, -0.05) is 6.92 Å². The first-order valence-corrected chi connectivity index (χ1v) is 6.12. The van der Waals surface area contributed by atoms with E-state index >= 15 is 0 Å². The third-order valence-corrected chi connectivity index (χ3v) is 3.35. The number of anilines is 1. The van der Waals surface area contributed by atoms with Gasteiger partial charge in [-0.25, -0.2) is 0 Å². The SMILES string of the molecule is CNc1ccncc1C(=O)NCC(C)C1CC1. The van der Waals surface area contributed by atoms with E-state index in [2.05, 4.69) is 22.5 Å². The Morgan fingerprint density at radius 3 is 3.00 bits per heavy atom. The van der Waals surface area contributed by atoms with Gasteiger partial charge in [-0.05, 0) is 30.7 Å². The molecule has 1 aliphatic carbocycles. The molecule has 0 radical (unpaired) electrons. The summed E-state index contributed by atoms with van der Waals surface area (Å²) in [6, 6.07) is 1.80. The van der Waals surface area contributed by atoms with Gasteiger partial charge >= 0.3 is 0 Å². The molecule has 2 N–H and O–H groups in total. The van der Waals surface area contributed by atoms with Gasteiger partial charge in [-0.3, -0.25) is 9.78 Å². The molecule has 0 saturated heterocycles. The van der Waals surface area contributed by atoms with Gasteiger partial charge in [0.2, 0.25) is 0 Å². The second-order valence-electron chi connectivity index (χ2n) is 4.70. The van der Waals surface area contributed by atoms with E-state index in [9.17, 15) is 4.79 Å². The summed E-state index contributed by atoms with van der Waals surface area (Å²) in [4.78, 5) is 16.0. The lowest BCUT2D eigenvalue weighted by Gasteiger charge is -2.13. The van der Waals surface area contributed by atoms with Crippen molar-refractivity contribution in [1.82, 2.24) is 10.3 Å². The van der Waals surface area contributed by atoms with E-state index in [1.165, 1.54) is 12.8 Å². The maximum atomic E-state index is 12.0. The maximum Gasteiger partial charge on any atom is 0.254 e. The smallest absolute Gasteiger partial charge is 0.254 e. The molecule has 1 fully saturated rings. The minimum absolute atomic E-state index is 0.0463. The average Bonchev–Trinajstić information content (AvgIpc) is 3.19. The molecule has 1 atom stereocenters. The maximum absolute atomic E-state index is 12.0. The van der Waals surface area contributed by atoms with Crippen LogP contribution in [0.3, 0.4) is 0 Å². The zero-order valence-corrected chi connectivity index (χ0v) is 10.4. The van der Waals surface area contributed by atoms with E-state index < -0.39 is 0 Å². The van der Waals surface area contributed by atoms with Gasteiger partial charge in [-0.2, -0.15) is 0 Å². The molecule has 1 aliphatic rings. The van der Waals surface area contributed by atoms with Crippen LogP contribution in [0.25, 0.3) is 0 Å². The highest BCUT2D eigenvalue weighted by molar-refractivity contribution is 5.99. The second kappa shape index (κ2) is 5.17. The molecule has 1 unspecified atom stereocenters. The third-order valence-electron chi connectivity index (χ3n) is 3.35. The Kier molecular flexibility index (Phi) is 3.61. The highest BCUT2D eigenvalue weighted by Gasteiger charge is 2.28. The Bertz CT molecular complexity index is 401. The summed E-state index contributed by atoms with van der Waals surface area (Å²) in [5, 5.41) is 5.97. The molecule has 1 heterocycles. The number of hydrogen-bond donors (Lipinski definition) is 2. The van der Waals surface area contributed by atoms with Crippen LogP contribution >= 0.6 is 0 Å². The van der Waals surface area contributed by atoms with E-state index in [1.54, 1.807) is 25.5 Å². The van der Waals surface area contributed by atoms with Crippen LogP contribution in [0.4, 0.5) is 5.69 Å². The van der Waals surface area contributed by atoms with Crippen molar-refractivity contribution in [2.75, 3.05) is 18.9 Å². The Hall–Kier alpha value is -1.58. The summed E-state index contributed by atoms with van der Waals surface area (Å²) >= 11 is 0. The lowest BCUT2D eigenvalue weighted by atomic mass is 10.1. The number of aromatic nitrogens is 1. The predicted octanol–water partition coefficient (Wildman–Crippen LogP) is 1.90.